The van der Waals surface area contributed by atoms with Gasteiger partial charge in [-0.25, -0.2) is 0 Å². The Morgan fingerprint density at radius 2 is 2.23 bits per heavy atom. The molecule has 5 N–H and O–H groups in total. The molecule has 3 rings (SSSR count). The highest BCUT2D eigenvalue weighted by Crippen LogP contribution is 2.35. The van der Waals surface area contributed by atoms with E-state index in [2.05, 4.69) is 22.4 Å². The Bertz CT molecular complexity index is 687. The lowest BCUT2D eigenvalue weighted by Crippen LogP contribution is -2.42. The molecule has 0 unspecified atom stereocenters. The van der Waals surface area contributed by atoms with Gasteiger partial charge in [-0.05, 0) is 43.7 Å². The van der Waals surface area contributed by atoms with Crippen molar-refractivity contribution < 1.29 is 9.90 Å². The van der Waals surface area contributed by atoms with Crippen LogP contribution in [0, 0.1) is 5.41 Å². The number of H-pyrrole nitrogens is 1. The van der Waals surface area contributed by atoms with Crippen molar-refractivity contribution >= 4 is 16.8 Å². The Morgan fingerprint density at radius 1 is 1.50 bits per heavy atom. The van der Waals surface area contributed by atoms with Crippen molar-refractivity contribution in [2.24, 2.45) is 11.1 Å². The number of nitrogens with one attached hydrogen (secondary N) is 2. The molecular weight excluding hydrogens is 280 g/mol. The highest BCUT2D eigenvalue weighted by molar-refractivity contribution is 6.02. The molecule has 0 atom stereocenters. The van der Waals surface area contributed by atoms with Crippen LogP contribution in [-0.4, -0.2) is 33.8 Å². The minimum atomic E-state index is -0.247. The number of benzene rings is 1. The summed E-state index contributed by atoms with van der Waals surface area (Å²) >= 11 is 0. The van der Waals surface area contributed by atoms with Crippen LogP contribution in [-0.2, 0) is 0 Å². The van der Waals surface area contributed by atoms with Crippen LogP contribution in [0.3, 0.4) is 0 Å². The predicted octanol–water partition coefficient (Wildman–Crippen LogP) is 1.91. The number of hydrogen-bond acceptors (Lipinski definition) is 4. The number of aromatic hydroxyl groups is 1. The topological polar surface area (TPSA) is 104 Å². The van der Waals surface area contributed by atoms with Gasteiger partial charge in [0.25, 0.3) is 5.91 Å². The Hall–Kier alpha value is -2.08. The summed E-state index contributed by atoms with van der Waals surface area (Å²) in [6.07, 6.45) is 5.55. The van der Waals surface area contributed by atoms with Gasteiger partial charge < -0.3 is 16.2 Å². The van der Waals surface area contributed by atoms with E-state index in [0.29, 0.717) is 12.1 Å². The third-order valence-electron chi connectivity index (χ3n) is 4.84. The van der Waals surface area contributed by atoms with Crippen LogP contribution in [0.15, 0.2) is 18.3 Å². The number of aromatic nitrogens is 2. The van der Waals surface area contributed by atoms with Crippen LogP contribution in [0.4, 0.5) is 0 Å². The standard InChI is InChI=1S/C16H22N4O2/c1-16(9-17)6-4-11(5-7-16)19-15(22)12-3-2-10-8-18-20-13(10)14(12)21/h2-3,8,11,21H,4-7,9,17H2,1H3,(H,18,20)(H,19,22). The molecule has 1 heterocycles. The van der Waals surface area contributed by atoms with Crippen LogP contribution >= 0.6 is 0 Å². The lowest BCUT2D eigenvalue weighted by Gasteiger charge is -2.36. The van der Waals surface area contributed by atoms with Crippen molar-refractivity contribution in [3.05, 3.63) is 23.9 Å². The molecule has 1 amide bonds. The number of phenols is 1. The van der Waals surface area contributed by atoms with Gasteiger partial charge in [-0.15, -0.1) is 0 Å². The van der Waals surface area contributed by atoms with Gasteiger partial charge in [0.05, 0.1) is 5.56 Å². The van der Waals surface area contributed by atoms with E-state index in [1.54, 1.807) is 18.3 Å². The Labute approximate surface area is 129 Å². The lowest BCUT2D eigenvalue weighted by molar-refractivity contribution is 0.0904. The van der Waals surface area contributed by atoms with Gasteiger partial charge in [0.2, 0.25) is 0 Å². The Kier molecular flexibility index (Phi) is 3.78. The molecule has 0 saturated heterocycles. The maximum atomic E-state index is 12.4. The molecule has 1 saturated carbocycles. The molecule has 1 aromatic carbocycles. The second kappa shape index (κ2) is 5.61. The summed E-state index contributed by atoms with van der Waals surface area (Å²) in [5.74, 6) is -0.317. The maximum Gasteiger partial charge on any atom is 0.255 e. The number of phenolic OH excluding ortho intramolecular Hbond substituents is 1. The summed E-state index contributed by atoms with van der Waals surface area (Å²) in [5.41, 5.74) is 6.69. The second-order valence-electron chi connectivity index (χ2n) is 6.55. The minimum absolute atomic E-state index is 0.0705. The molecule has 0 spiro atoms. The number of rotatable bonds is 3. The quantitative estimate of drug-likeness (QED) is 0.695. The lowest BCUT2D eigenvalue weighted by atomic mass is 9.74. The van der Waals surface area contributed by atoms with Crippen molar-refractivity contribution in [3.8, 4) is 5.75 Å². The molecule has 22 heavy (non-hydrogen) atoms. The van der Waals surface area contributed by atoms with E-state index in [-0.39, 0.29) is 28.7 Å². The predicted molar refractivity (Wildman–Crippen MR) is 84.6 cm³/mol. The zero-order valence-corrected chi connectivity index (χ0v) is 12.7. The fourth-order valence-electron chi connectivity index (χ4n) is 3.11. The molecule has 0 radical (unpaired) electrons. The van der Waals surface area contributed by atoms with Gasteiger partial charge in [0.15, 0.2) is 5.75 Å². The third kappa shape index (κ3) is 2.66. The average Bonchev–Trinajstić information content (AvgIpc) is 2.99. The summed E-state index contributed by atoms with van der Waals surface area (Å²) in [6, 6.07) is 3.55. The second-order valence-corrected chi connectivity index (χ2v) is 6.55. The first kappa shape index (κ1) is 14.8. The average molecular weight is 302 g/mol. The van der Waals surface area contributed by atoms with Crippen LogP contribution in [0.2, 0.25) is 0 Å². The molecule has 118 valence electrons. The summed E-state index contributed by atoms with van der Waals surface area (Å²) in [4.78, 5) is 12.4. The summed E-state index contributed by atoms with van der Waals surface area (Å²) in [6.45, 7) is 2.88. The van der Waals surface area contributed by atoms with Crippen molar-refractivity contribution in [3.63, 3.8) is 0 Å². The zero-order chi connectivity index (χ0) is 15.7. The van der Waals surface area contributed by atoms with Gasteiger partial charge in [0.1, 0.15) is 5.52 Å². The molecule has 2 aromatic rings. The van der Waals surface area contributed by atoms with Crippen molar-refractivity contribution in [1.29, 1.82) is 0 Å². The Balaban J connectivity index is 1.70. The van der Waals surface area contributed by atoms with Crippen molar-refractivity contribution in [2.75, 3.05) is 6.54 Å². The van der Waals surface area contributed by atoms with Crippen LogP contribution in [0.1, 0.15) is 43.0 Å². The minimum Gasteiger partial charge on any atom is -0.505 e. The van der Waals surface area contributed by atoms with Crippen LogP contribution in [0.5, 0.6) is 5.75 Å². The number of hydrogen-bond donors (Lipinski definition) is 4. The number of nitrogens with two attached hydrogens (primary N) is 1. The Morgan fingerprint density at radius 3 is 2.91 bits per heavy atom. The van der Waals surface area contributed by atoms with E-state index in [0.717, 1.165) is 31.1 Å². The molecule has 0 aliphatic heterocycles. The van der Waals surface area contributed by atoms with E-state index in [1.807, 2.05) is 0 Å². The third-order valence-corrected chi connectivity index (χ3v) is 4.84. The molecule has 1 aromatic heterocycles. The molecule has 0 bridgehead atoms. The summed E-state index contributed by atoms with van der Waals surface area (Å²) in [7, 11) is 0. The summed E-state index contributed by atoms with van der Waals surface area (Å²) < 4.78 is 0. The molecule has 1 fully saturated rings. The number of amides is 1. The fourth-order valence-corrected chi connectivity index (χ4v) is 3.11. The molecule has 6 nitrogen and oxygen atoms in total. The van der Waals surface area contributed by atoms with Crippen LogP contribution < -0.4 is 11.1 Å². The van der Waals surface area contributed by atoms with E-state index in [9.17, 15) is 9.90 Å². The van der Waals surface area contributed by atoms with Crippen LogP contribution in [0.25, 0.3) is 10.9 Å². The largest absolute Gasteiger partial charge is 0.505 e. The zero-order valence-electron chi connectivity index (χ0n) is 12.7. The van der Waals surface area contributed by atoms with E-state index in [4.69, 9.17) is 5.73 Å². The first-order valence-electron chi connectivity index (χ1n) is 7.69. The highest BCUT2D eigenvalue weighted by Gasteiger charge is 2.30. The molecular formula is C16H22N4O2. The van der Waals surface area contributed by atoms with E-state index < -0.39 is 0 Å². The summed E-state index contributed by atoms with van der Waals surface area (Å²) in [5, 5.41) is 20.7. The number of carbonyl (C=O) groups is 1. The van der Waals surface area contributed by atoms with Gasteiger partial charge in [-0.3, -0.25) is 9.89 Å². The normalized spacial score (nSPS) is 25.3. The number of aromatic amines is 1. The number of carbonyl (C=O) groups excluding carboxylic acids is 1. The van der Waals surface area contributed by atoms with Gasteiger partial charge in [-0.2, -0.15) is 5.10 Å². The van der Waals surface area contributed by atoms with Crippen molar-refractivity contribution in [2.45, 2.75) is 38.6 Å². The number of fused-ring (bicyclic) bond motifs is 1. The fraction of sp³-hybridized carbons (Fsp3) is 0.500. The molecule has 1 aliphatic carbocycles. The van der Waals surface area contributed by atoms with Gasteiger partial charge >= 0.3 is 0 Å². The van der Waals surface area contributed by atoms with E-state index >= 15 is 0 Å². The smallest absolute Gasteiger partial charge is 0.255 e. The van der Waals surface area contributed by atoms with E-state index in [1.165, 1.54) is 0 Å². The first-order chi connectivity index (χ1) is 10.5. The number of nitrogens with zero attached hydrogens (tertiary/aromatic N) is 1. The van der Waals surface area contributed by atoms with Gasteiger partial charge in [0, 0.05) is 17.6 Å². The maximum absolute atomic E-state index is 12.4. The highest BCUT2D eigenvalue weighted by atomic mass is 16.3. The monoisotopic (exact) mass is 302 g/mol. The van der Waals surface area contributed by atoms with Gasteiger partial charge in [-0.1, -0.05) is 13.0 Å². The molecule has 1 aliphatic rings. The SMILES string of the molecule is CC1(CN)CCC(NC(=O)c2ccc3c[nH]nc3c2O)CC1. The molecule has 6 heteroatoms. The van der Waals surface area contributed by atoms with Crippen molar-refractivity contribution in [1.82, 2.24) is 15.5 Å². The first-order valence-corrected chi connectivity index (χ1v) is 7.69.